The number of hydrogen-bond acceptors (Lipinski definition) is 6. The van der Waals surface area contributed by atoms with Crippen LogP contribution < -0.4 is 79.0 Å². The Labute approximate surface area is 224 Å². The van der Waals surface area contributed by atoms with E-state index in [2.05, 4.69) is 16.8 Å². The molecule has 1 rings (SSSR count). The van der Waals surface area contributed by atoms with Crippen molar-refractivity contribution in [2.75, 3.05) is 0 Å². The zero-order valence-corrected chi connectivity index (χ0v) is 24.1. The standard InChI is InChI=1S/C20H34NO6P.2Na/c1-5-6-7-8-9-13-19(22)21-20(16(4)27-28(23,24)25)17-11-10-12-18(14-17)26-15(2)3;;/h10-12,14-16,20H,5-9,13H2,1-4H3,(H,21,22)(H2,23,24,25);;/q;2*+1/p-2/t16-,20-;;/m0../s1. The number of amides is 1. The average molecular weight is 459 g/mol. The van der Waals surface area contributed by atoms with Crippen LogP contribution in [0.1, 0.15) is 77.8 Å². The number of benzene rings is 1. The molecular weight excluding hydrogens is 427 g/mol. The summed E-state index contributed by atoms with van der Waals surface area (Å²) in [5.74, 6) is 0.379. The van der Waals surface area contributed by atoms with Crippen molar-refractivity contribution in [1.29, 1.82) is 0 Å². The predicted molar refractivity (Wildman–Crippen MR) is 105 cm³/mol. The summed E-state index contributed by atoms with van der Waals surface area (Å²) in [6, 6.07) is 6.19. The summed E-state index contributed by atoms with van der Waals surface area (Å²) in [6.45, 7) is 7.35. The topological polar surface area (TPSA) is 111 Å². The molecule has 30 heavy (non-hydrogen) atoms. The maximum Gasteiger partial charge on any atom is 1.00 e. The molecule has 1 aromatic carbocycles. The maximum atomic E-state index is 12.4. The molecule has 1 N–H and O–H groups in total. The zero-order chi connectivity index (χ0) is 21.2. The fourth-order valence-corrected chi connectivity index (χ4v) is 3.45. The van der Waals surface area contributed by atoms with Crippen LogP contribution in [0.5, 0.6) is 5.75 Å². The molecule has 160 valence electrons. The van der Waals surface area contributed by atoms with Crippen LogP contribution in [0.15, 0.2) is 24.3 Å². The zero-order valence-electron chi connectivity index (χ0n) is 19.2. The van der Waals surface area contributed by atoms with Gasteiger partial charge in [-0.2, -0.15) is 0 Å². The van der Waals surface area contributed by atoms with Crippen LogP contribution in [0, 0.1) is 0 Å². The van der Waals surface area contributed by atoms with Gasteiger partial charge >= 0.3 is 59.1 Å². The van der Waals surface area contributed by atoms with E-state index in [9.17, 15) is 19.1 Å². The first kappa shape index (κ1) is 32.8. The second-order valence-corrected chi connectivity index (χ2v) is 8.31. The summed E-state index contributed by atoms with van der Waals surface area (Å²) in [7, 11) is -5.19. The Morgan fingerprint density at radius 1 is 1.10 bits per heavy atom. The minimum absolute atomic E-state index is 0. The van der Waals surface area contributed by atoms with Gasteiger partial charge in [-0.25, -0.2) is 0 Å². The summed E-state index contributed by atoms with van der Waals surface area (Å²) in [4.78, 5) is 34.5. The van der Waals surface area contributed by atoms with Crippen LogP contribution in [0.4, 0.5) is 0 Å². The van der Waals surface area contributed by atoms with Gasteiger partial charge in [-0.3, -0.25) is 4.79 Å². The van der Waals surface area contributed by atoms with Crippen LogP contribution in [0.3, 0.4) is 0 Å². The quantitative estimate of drug-likeness (QED) is 0.194. The van der Waals surface area contributed by atoms with Crippen LogP contribution in [-0.2, 0) is 13.9 Å². The van der Waals surface area contributed by atoms with Crippen molar-refractivity contribution < 1.29 is 87.5 Å². The number of unbranched alkanes of at least 4 members (excludes halogenated alkanes) is 4. The van der Waals surface area contributed by atoms with Crippen molar-refractivity contribution in [2.45, 2.75) is 84.5 Å². The molecule has 0 heterocycles. The Balaban J connectivity index is 0. The number of nitrogens with one attached hydrogen (secondary N) is 1. The molecule has 0 aliphatic rings. The largest absolute Gasteiger partial charge is 1.00 e. The molecule has 0 bridgehead atoms. The average Bonchev–Trinajstić information content (AvgIpc) is 2.57. The number of phosphoric ester groups is 1. The van der Waals surface area contributed by atoms with E-state index in [0.29, 0.717) is 17.7 Å². The molecule has 0 aliphatic carbocycles. The van der Waals surface area contributed by atoms with E-state index in [0.717, 1.165) is 32.1 Å². The second kappa shape index (κ2) is 17.1. The van der Waals surface area contributed by atoms with Gasteiger partial charge in [-0.1, -0.05) is 44.7 Å². The molecule has 0 saturated heterocycles. The summed E-state index contributed by atoms with van der Waals surface area (Å²) >= 11 is 0. The Bertz CT molecular complexity index is 656. The Kier molecular flexibility index (Phi) is 18.7. The molecule has 0 aromatic heterocycles. The van der Waals surface area contributed by atoms with Gasteiger partial charge in [0.2, 0.25) is 5.91 Å². The SMILES string of the molecule is CCCCCCCC(=O)N[C@H](c1cccc(OC(C)C)c1)[C@H](C)OP(=O)([O-])[O-].[Na+].[Na+]. The van der Waals surface area contributed by atoms with Gasteiger partial charge in [-0.05, 0) is 44.9 Å². The van der Waals surface area contributed by atoms with E-state index < -0.39 is 20.0 Å². The first-order chi connectivity index (χ1) is 13.1. The number of hydrogen-bond donors (Lipinski definition) is 1. The Hall–Kier alpha value is 0.600. The van der Waals surface area contributed by atoms with Gasteiger partial charge in [0.15, 0.2) is 0 Å². The molecule has 7 nitrogen and oxygen atoms in total. The first-order valence-electron chi connectivity index (χ1n) is 9.88. The predicted octanol–water partition coefficient (Wildman–Crippen LogP) is -2.77. The van der Waals surface area contributed by atoms with E-state index in [1.54, 1.807) is 24.3 Å². The second-order valence-electron chi connectivity index (χ2n) is 7.21. The number of ether oxygens (including phenoxy) is 1. The Morgan fingerprint density at radius 3 is 2.30 bits per heavy atom. The van der Waals surface area contributed by atoms with E-state index in [4.69, 9.17) is 4.74 Å². The monoisotopic (exact) mass is 459 g/mol. The fraction of sp³-hybridized carbons (Fsp3) is 0.650. The van der Waals surface area contributed by atoms with Crippen molar-refractivity contribution in [3.63, 3.8) is 0 Å². The van der Waals surface area contributed by atoms with Crippen LogP contribution in [0.2, 0.25) is 0 Å². The molecule has 0 radical (unpaired) electrons. The number of rotatable bonds is 13. The third-order valence-corrected chi connectivity index (χ3v) is 4.77. The molecule has 0 unspecified atom stereocenters. The molecular formula is C20H32NNa2O6P. The molecule has 2 atom stereocenters. The van der Waals surface area contributed by atoms with Crippen LogP contribution in [-0.4, -0.2) is 18.1 Å². The van der Waals surface area contributed by atoms with Crippen molar-refractivity contribution >= 4 is 13.7 Å². The third-order valence-electron chi connectivity index (χ3n) is 4.18. The third kappa shape index (κ3) is 14.6. The molecule has 10 heteroatoms. The van der Waals surface area contributed by atoms with E-state index in [1.165, 1.54) is 6.92 Å². The van der Waals surface area contributed by atoms with Gasteiger partial charge < -0.3 is 28.9 Å². The number of carbonyl (C=O) groups is 1. The molecule has 0 spiro atoms. The number of carbonyl (C=O) groups excluding carboxylic acids is 1. The smallest absolute Gasteiger partial charge is 0.790 e. The molecule has 0 saturated carbocycles. The van der Waals surface area contributed by atoms with Gasteiger partial charge in [-0.15, -0.1) is 0 Å². The normalized spacial score (nSPS) is 13.0. The van der Waals surface area contributed by atoms with Crippen molar-refractivity contribution in [3.05, 3.63) is 29.8 Å². The maximum absolute atomic E-state index is 12.4. The van der Waals surface area contributed by atoms with E-state index in [-0.39, 0.29) is 71.1 Å². The van der Waals surface area contributed by atoms with Crippen LogP contribution >= 0.6 is 7.82 Å². The molecule has 1 amide bonds. The molecule has 0 fully saturated rings. The van der Waals surface area contributed by atoms with Crippen molar-refractivity contribution in [1.82, 2.24) is 5.32 Å². The van der Waals surface area contributed by atoms with Crippen molar-refractivity contribution in [2.24, 2.45) is 0 Å². The summed E-state index contributed by atoms with van der Waals surface area (Å²) < 4.78 is 21.3. The van der Waals surface area contributed by atoms with Gasteiger partial charge in [0, 0.05) is 6.42 Å². The molecule has 1 aromatic rings. The minimum atomic E-state index is -5.19. The van der Waals surface area contributed by atoms with E-state index >= 15 is 0 Å². The van der Waals surface area contributed by atoms with E-state index in [1.807, 2.05) is 13.8 Å². The van der Waals surface area contributed by atoms with Crippen molar-refractivity contribution in [3.8, 4) is 5.75 Å². The summed E-state index contributed by atoms with van der Waals surface area (Å²) in [5, 5.41) is 2.81. The van der Waals surface area contributed by atoms with Gasteiger partial charge in [0.25, 0.3) is 0 Å². The van der Waals surface area contributed by atoms with Gasteiger partial charge in [0.05, 0.1) is 26.1 Å². The van der Waals surface area contributed by atoms with Gasteiger partial charge in [0.1, 0.15) is 5.75 Å². The first-order valence-corrected chi connectivity index (χ1v) is 11.3. The molecule has 0 aliphatic heterocycles. The number of phosphoric acid groups is 1. The minimum Gasteiger partial charge on any atom is -0.790 e. The fourth-order valence-electron chi connectivity index (χ4n) is 2.92. The summed E-state index contributed by atoms with van der Waals surface area (Å²) in [5.41, 5.74) is 0.610. The van der Waals surface area contributed by atoms with Crippen LogP contribution in [0.25, 0.3) is 0 Å². The summed E-state index contributed by atoms with van der Waals surface area (Å²) in [6.07, 6.45) is 4.32. The Morgan fingerprint density at radius 2 is 1.73 bits per heavy atom.